The Labute approximate surface area is 293 Å². The Morgan fingerprint density at radius 1 is 0.373 bits per heavy atom. The van der Waals surface area contributed by atoms with Crippen LogP contribution in [0.15, 0.2) is 174 Å². The molecule has 3 aromatic heterocycles. The molecule has 51 heavy (non-hydrogen) atoms. The Morgan fingerprint density at radius 3 is 1.78 bits per heavy atom. The van der Waals surface area contributed by atoms with E-state index in [1.165, 1.54) is 10.8 Å². The van der Waals surface area contributed by atoms with Gasteiger partial charge in [-0.15, -0.1) is 0 Å². The van der Waals surface area contributed by atoms with Gasteiger partial charge in [0.2, 0.25) is 0 Å². The van der Waals surface area contributed by atoms with Crippen molar-refractivity contribution in [2.45, 2.75) is 0 Å². The summed E-state index contributed by atoms with van der Waals surface area (Å²) in [6, 6.07) is 56.3. The van der Waals surface area contributed by atoms with Crippen LogP contribution >= 0.6 is 0 Å². The summed E-state index contributed by atoms with van der Waals surface area (Å²) in [5.74, 6) is 1.87. The average molecular weight is 653 g/mol. The fraction of sp³-hybridized carbons (Fsp3) is 0. The number of nitrogens with zero attached hydrogens (tertiary/aromatic N) is 4. The summed E-state index contributed by atoms with van der Waals surface area (Å²) in [7, 11) is 0. The number of pyridine rings is 1. The lowest BCUT2D eigenvalue weighted by atomic mass is 9.93. The van der Waals surface area contributed by atoms with Gasteiger partial charge in [0.15, 0.2) is 17.5 Å². The van der Waals surface area contributed by atoms with Crippen LogP contribution in [0.1, 0.15) is 0 Å². The van der Waals surface area contributed by atoms with Gasteiger partial charge in [0.25, 0.3) is 0 Å². The molecule has 5 nitrogen and oxygen atoms in total. The van der Waals surface area contributed by atoms with E-state index in [4.69, 9.17) is 19.4 Å². The smallest absolute Gasteiger partial charge is 0.164 e. The van der Waals surface area contributed by atoms with E-state index in [1.54, 1.807) is 0 Å². The highest BCUT2D eigenvalue weighted by atomic mass is 16.3. The lowest BCUT2D eigenvalue weighted by molar-refractivity contribution is 0.670. The molecule has 238 valence electrons. The number of benzene rings is 7. The predicted octanol–water partition coefficient (Wildman–Crippen LogP) is 11.8. The van der Waals surface area contributed by atoms with Gasteiger partial charge < -0.3 is 4.42 Å². The van der Waals surface area contributed by atoms with E-state index in [0.717, 1.165) is 71.8 Å². The molecule has 0 spiro atoms. The van der Waals surface area contributed by atoms with Crippen molar-refractivity contribution in [3.63, 3.8) is 0 Å². The predicted molar refractivity (Wildman–Crippen MR) is 207 cm³/mol. The van der Waals surface area contributed by atoms with Gasteiger partial charge in [-0.05, 0) is 69.9 Å². The molecule has 7 aromatic carbocycles. The third-order valence-electron chi connectivity index (χ3n) is 9.55. The summed E-state index contributed by atoms with van der Waals surface area (Å²) in [6.07, 6.45) is 1.85. The third-order valence-corrected chi connectivity index (χ3v) is 9.55. The summed E-state index contributed by atoms with van der Waals surface area (Å²) in [6.45, 7) is 0. The Kier molecular flexibility index (Phi) is 6.74. The van der Waals surface area contributed by atoms with Crippen LogP contribution in [0.25, 0.3) is 100 Å². The number of hydrogen-bond acceptors (Lipinski definition) is 5. The molecule has 0 fully saturated rings. The maximum Gasteiger partial charge on any atom is 0.164 e. The topological polar surface area (TPSA) is 64.7 Å². The minimum absolute atomic E-state index is 0.608. The molecule has 0 N–H and O–H groups in total. The molecule has 0 radical (unpaired) electrons. The van der Waals surface area contributed by atoms with Gasteiger partial charge in [-0.25, -0.2) is 15.0 Å². The largest absolute Gasteiger partial charge is 0.455 e. The van der Waals surface area contributed by atoms with Crippen LogP contribution in [0.3, 0.4) is 0 Å². The van der Waals surface area contributed by atoms with E-state index < -0.39 is 0 Å². The first-order chi connectivity index (χ1) is 25.2. The van der Waals surface area contributed by atoms with Gasteiger partial charge in [0, 0.05) is 44.6 Å². The minimum atomic E-state index is 0.608. The van der Waals surface area contributed by atoms with Gasteiger partial charge in [-0.3, -0.25) is 4.98 Å². The molecule has 5 heteroatoms. The lowest BCUT2D eigenvalue weighted by Crippen LogP contribution is -2.00. The number of aromatic nitrogens is 4. The quantitative estimate of drug-likeness (QED) is 0.173. The molecule has 0 unspecified atom stereocenters. The minimum Gasteiger partial charge on any atom is -0.455 e. The first kappa shape index (κ1) is 29.0. The number of fused-ring (bicyclic) bond motifs is 6. The molecule has 10 rings (SSSR count). The SMILES string of the molecule is c1ccc(-c2nc(-c3ccccc3)nc(-c3cccc(-c4cc(-c5ccc6ccc7ncccc7c6c5)cc5c4oc4ccccc45)c3)n2)cc1. The van der Waals surface area contributed by atoms with Crippen molar-refractivity contribution in [1.82, 2.24) is 19.9 Å². The lowest BCUT2D eigenvalue weighted by Gasteiger charge is -2.12. The zero-order valence-electron chi connectivity index (χ0n) is 27.4. The Morgan fingerprint density at radius 2 is 1.00 bits per heavy atom. The molecule has 10 aromatic rings. The number of rotatable bonds is 5. The summed E-state index contributed by atoms with van der Waals surface area (Å²) in [5, 5.41) is 5.66. The molecule has 3 heterocycles. The summed E-state index contributed by atoms with van der Waals surface area (Å²) >= 11 is 0. The van der Waals surface area contributed by atoms with Crippen molar-refractivity contribution in [2.24, 2.45) is 0 Å². The van der Waals surface area contributed by atoms with Gasteiger partial charge in [0.1, 0.15) is 11.2 Å². The third kappa shape index (κ3) is 5.11. The monoisotopic (exact) mass is 652 g/mol. The molecule has 0 aliphatic carbocycles. The number of furan rings is 1. The van der Waals surface area contributed by atoms with E-state index in [1.807, 2.05) is 85.1 Å². The van der Waals surface area contributed by atoms with Crippen molar-refractivity contribution in [1.29, 1.82) is 0 Å². The second-order valence-corrected chi connectivity index (χ2v) is 12.7. The molecular formula is C46H28N4O. The Bertz CT molecular complexity index is 2860. The van der Waals surface area contributed by atoms with Crippen LogP contribution in [0, 0.1) is 0 Å². The molecule has 0 atom stereocenters. The first-order valence-corrected chi connectivity index (χ1v) is 17.0. The summed E-state index contributed by atoms with van der Waals surface area (Å²) < 4.78 is 6.61. The fourth-order valence-electron chi connectivity index (χ4n) is 7.03. The van der Waals surface area contributed by atoms with Gasteiger partial charge in [0.05, 0.1) is 5.52 Å². The number of hydrogen-bond donors (Lipinski definition) is 0. The highest BCUT2D eigenvalue weighted by Crippen LogP contribution is 2.41. The van der Waals surface area contributed by atoms with E-state index in [2.05, 4.69) is 89.9 Å². The molecule has 0 bridgehead atoms. The average Bonchev–Trinajstić information content (AvgIpc) is 3.59. The van der Waals surface area contributed by atoms with Gasteiger partial charge >= 0.3 is 0 Å². The normalized spacial score (nSPS) is 11.5. The summed E-state index contributed by atoms with van der Waals surface area (Å²) in [5.41, 5.74) is 9.70. The van der Waals surface area contributed by atoms with E-state index in [0.29, 0.717) is 17.5 Å². The zero-order valence-corrected chi connectivity index (χ0v) is 27.4. The molecular weight excluding hydrogens is 625 g/mol. The Balaban J connectivity index is 1.17. The van der Waals surface area contributed by atoms with Crippen LogP contribution < -0.4 is 0 Å². The van der Waals surface area contributed by atoms with Gasteiger partial charge in [-0.2, -0.15) is 0 Å². The van der Waals surface area contributed by atoms with Crippen molar-refractivity contribution in [3.05, 3.63) is 170 Å². The fourth-order valence-corrected chi connectivity index (χ4v) is 7.03. The van der Waals surface area contributed by atoms with Crippen LogP contribution in [0.4, 0.5) is 0 Å². The van der Waals surface area contributed by atoms with Gasteiger partial charge in [-0.1, -0.05) is 121 Å². The number of para-hydroxylation sites is 1. The molecule has 0 aliphatic heterocycles. The molecule has 0 amide bonds. The maximum atomic E-state index is 6.61. The van der Waals surface area contributed by atoms with Crippen molar-refractivity contribution < 1.29 is 4.42 Å². The van der Waals surface area contributed by atoms with E-state index in [9.17, 15) is 0 Å². The highest BCUT2D eigenvalue weighted by molar-refractivity contribution is 6.12. The Hall–Kier alpha value is -6.98. The van der Waals surface area contributed by atoms with E-state index in [-0.39, 0.29) is 0 Å². The van der Waals surface area contributed by atoms with E-state index >= 15 is 0 Å². The standard InChI is InChI=1S/C46H28N4O/c1-3-11-30(12-4-1)44-48-45(31-13-5-2-6-14-31)50-46(49-44)34-16-9-15-33(25-34)39-27-35(28-40-37-17-7-8-19-42(37)51-43(39)40)32-21-20-29-22-23-41-36(38(29)26-32)18-10-24-47-41/h1-28H. The van der Waals surface area contributed by atoms with Crippen LogP contribution in [0.5, 0.6) is 0 Å². The second kappa shape index (κ2) is 11.9. The summed E-state index contributed by atoms with van der Waals surface area (Å²) in [4.78, 5) is 19.5. The molecule has 0 saturated heterocycles. The second-order valence-electron chi connectivity index (χ2n) is 12.7. The van der Waals surface area contributed by atoms with Crippen molar-refractivity contribution in [3.8, 4) is 56.4 Å². The van der Waals surface area contributed by atoms with Crippen LogP contribution in [0.2, 0.25) is 0 Å². The van der Waals surface area contributed by atoms with Crippen LogP contribution in [-0.4, -0.2) is 19.9 Å². The van der Waals surface area contributed by atoms with Crippen molar-refractivity contribution in [2.75, 3.05) is 0 Å². The zero-order chi connectivity index (χ0) is 33.7. The first-order valence-electron chi connectivity index (χ1n) is 17.0. The molecule has 0 saturated carbocycles. The maximum absolute atomic E-state index is 6.61. The van der Waals surface area contributed by atoms with Crippen molar-refractivity contribution >= 4 is 43.6 Å². The highest BCUT2D eigenvalue weighted by Gasteiger charge is 2.18. The molecule has 0 aliphatic rings. The van der Waals surface area contributed by atoms with Crippen LogP contribution in [-0.2, 0) is 0 Å².